The van der Waals surface area contributed by atoms with Crippen LogP contribution in [0.3, 0.4) is 0 Å². The Balaban J connectivity index is 1.67. The summed E-state index contributed by atoms with van der Waals surface area (Å²) < 4.78 is 18.7. The lowest BCUT2D eigenvalue weighted by atomic mass is 10.2. The van der Waals surface area contributed by atoms with Crippen molar-refractivity contribution in [2.75, 3.05) is 0 Å². The van der Waals surface area contributed by atoms with Gasteiger partial charge in [-0.1, -0.05) is 23.7 Å². The highest BCUT2D eigenvalue weighted by Gasteiger charge is 2.38. The summed E-state index contributed by atoms with van der Waals surface area (Å²) in [5.74, 6) is 0.355. The first-order valence-corrected chi connectivity index (χ1v) is 6.98. The number of carbonyl (C=O) groups excluding carboxylic acids is 1. The number of halogens is 2. The average molecular weight is 310 g/mol. The zero-order valence-electron chi connectivity index (χ0n) is 11.3. The number of nitrogens with one attached hydrogen (secondary N) is 1. The zero-order chi connectivity index (χ0) is 15.0. The number of hydrogen-bond donors (Lipinski definition) is 1. The molecule has 7 heteroatoms. The third-order valence-electron chi connectivity index (χ3n) is 3.50. The number of nitrogens with zero attached hydrogens (tertiary/aromatic N) is 2. The van der Waals surface area contributed by atoms with Gasteiger partial charge in [0.2, 0.25) is 5.91 Å². The highest BCUT2D eigenvalue weighted by Crippen LogP contribution is 2.37. The molecule has 1 heterocycles. The van der Waals surface area contributed by atoms with E-state index in [4.69, 9.17) is 16.1 Å². The Kier molecular flexibility index (Phi) is 3.63. The lowest BCUT2D eigenvalue weighted by Crippen LogP contribution is -2.25. The van der Waals surface area contributed by atoms with E-state index in [0.717, 1.165) is 6.42 Å². The molecule has 1 aromatic carbocycles. The molecule has 1 amide bonds. The van der Waals surface area contributed by atoms with Gasteiger partial charge in [0.05, 0.1) is 12.1 Å². The largest absolute Gasteiger partial charge is 0.348 e. The predicted molar refractivity (Wildman–Crippen MR) is 73.8 cm³/mol. The number of hydrogen-bond acceptors (Lipinski definition) is 4. The minimum absolute atomic E-state index is 0.00785. The van der Waals surface area contributed by atoms with Gasteiger partial charge in [-0.25, -0.2) is 4.39 Å². The van der Waals surface area contributed by atoms with Crippen LogP contribution >= 0.6 is 11.6 Å². The van der Waals surface area contributed by atoms with E-state index >= 15 is 0 Å². The minimum Gasteiger partial charge on any atom is -0.348 e. The van der Waals surface area contributed by atoms with Crippen LogP contribution < -0.4 is 5.32 Å². The van der Waals surface area contributed by atoms with Crippen molar-refractivity contribution in [1.82, 2.24) is 15.5 Å². The van der Waals surface area contributed by atoms with Crippen LogP contribution in [-0.2, 0) is 11.3 Å². The average Bonchev–Trinajstić information content (AvgIpc) is 2.99. The maximum Gasteiger partial charge on any atom is 0.260 e. The van der Waals surface area contributed by atoms with Gasteiger partial charge in [-0.3, -0.25) is 4.79 Å². The van der Waals surface area contributed by atoms with Crippen LogP contribution in [0.25, 0.3) is 11.5 Å². The number of carbonyl (C=O) groups is 1. The van der Waals surface area contributed by atoms with Gasteiger partial charge < -0.3 is 9.84 Å². The third-order valence-corrected chi connectivity index (χ3v) is 3.73. The summed E-state index contributed by atoms with van der Waals surface area (Å²) >= 11 is 5.69. The van der Waals surface area contributed by atoms with Gasteiger partial charge >= 0.3 is 0 Å². The van der Waals surface area contributed by atoms with E-state index in [1.165, 1.54) is 12.1 Å². The molecule has 2 atom stereocenters. The molecule has 1 saturated carbocycles. The lowest BCUT2D eigenvalue weighted by Gasteiger charge is -1.99. The molecule has 0 saturated heterocycles. The van der Waals surface area contributed by atoms with Crippen LogP contribution in [0.4, 0.5) is 4.39 Å². The smallest absolute Gasteiger partial charge is 0.260 e. The van der Waals surface area contributed by atoms with E-state index in [0.29, 0.717) is 16.8 Å². The van der Waals surface area contributed by atoms with E-state index in [-0.39, 0.29) is 29.8 Å². The summed E-state index contributed by atoms with van der Waals surface area (Å²) in [6.45, 7) is 2.20. The summed E-state index contributed by atoms with van der Waals surface area (Å²) in [7, 11) is 0. The summed E-state index contributed by atoms with van der Waals surface area (Å²) in [6, 6.07) is 4.19. The van der Waals surface area contributed by atoms with Crippen molar-refractivity contribution in [2.45, 2.75) is 19.9 Å². The molecule has 110 valence electrons. The van der Waals surface area contributed by atoms with Gasteiger partial charge in [-0.05, 0) is 30.5 Å². The zero-order valence-corrected chi connectivity index (χ0v) is 12.0. The van der Waals surface area contributed by atoms with Crippen LogP contribution in [-0.4, -0.2) is 16.0 Å². The number of amides is 1. The van der Waals surface area contributed by atoms with Gasteiger partial charge in [0.1, 0.15) is 5.82 Å². The van der Waals surface area contributed by atoms with E-state index in [1.807, 2.05) is 6.92 Å². The van der Waals surface area contributed by atoms with Crippen molar-refractivity contribution in [2.24, 2.45) is 11.8 Å². The molecule has 1 aromatic heterocycles. The fraction of sp³-hybridized carbons (Fsp3) is 0.357. The van der Waals surface area contributed by atoms with Crippen molar-refractivity contribution in [3.05, 3.63) is 34.9 Å². The van der Waals surface area contributed by atoms with Crippen LogP contribution in [0, 0.1) is 17.7 Å². The first-order chi connectivity index (χ1) is 10.0. The van der Waals surface area contributed by atoms with Gasteiger partial charge in [-0.15, -0.1) is 0 Å². The Morgan fingerprint density at radius 3 is 3.00 bits per heavy atom. The maximum atomic E-state index is 13.7. The number of benzene rings is 1. The first-order valence-electron chi connectivity index (χ1n) is 6.60. The van der Waals surface area contributed by atoms with E-state index in [2.05, 4.69) is 15.5 Å². The van der Waals surface area contributed by atoms with E-state index in [1.54, 1.807) is 6.07 Å². The molecular formula is C14H13ClFN3O2. The molecule has 1 aliphatic carbocycles. The molecule has 1 N–H and O–H groups in total. The first kappa shape index (κ1) is 14.0. The third kappa shape index (κ3) is 3.05. The molecule has 0 spiro atoms. The predicted octanol–water partition coefficient (Wildman–Crippen LogP) is 2.80. The standard InChI is InChI=1S/C14H13ClFN3O2/c1-7-4-10(7)13(20)17-6-12-18-14(21-19-12)9-3-2-8(15)5-11(9)16/h2-3,5,7,10H,4,6H2,1H3,(H,17,20)/t7-,10+/m1/s1. The van der Waals surface area contributed by atoms with Gasteiger partial charge in [-0.2, -0.15) is 4.98 Å². The molecule has 0 unspecified atom stereocenters. The Bertz CT molecular complexity index is 689. The Hall–Kier alpha value is -1.95. The van der Waals surface area contributed by atoms with Crippen molar-refractivity contribution < 1.29 is 13.7 Å². The molecular weight excluding hydrogens is 297 g/mol. The Labute approximate surface area is 125 Å². The second-order valence-corrected chi connectivity index (χ2v) is 5.61. The van der Waals surface area contributed by atoms with Gasteiger partial charge in [0.15, 0.2) is 5.82 Å². The van der Waals surface area contributed by atoms with Crippen LogP contribution in [0.5, 0.6) is 0 Å². The molecule has 0 aliphatic heterocycles. The van der Waals surface area contributed by atoms with Crippen molar-refractivity contribution in [3.8, 4) is 11.5 Å². The van der Waals surface area contributed by atoms with Crippen molar-refractivity contribution in [1.29, 1.82) is 0 Å². The quantitative estimate of drug-likeness (QED) is 0.943. The SMILES string of the molecule is C[C@@H]1C[C@@H]1C(=O)NCc1noc(-c2ccc(Cl)cc2F)n1. The highest BCUT2D eigenvalue weighted by atomic mass is 35.5. The van der Waals surface area contributed by atoms with Crippen LogP contribution in [0.15, 0.2) is 22.7 Å². The van der Waals surface area contributed by atoms with Gasteiger partial charge in [0.25, 0.3) is 5.89 Å². The highest BCUT2D eigenvalue weighted by molar-refractivity contribution is 6.30. The molecule has 3 rings (SSSR count). The molecule has 5 nitrogen and oxygen atoms in total. The molecule has 21 heavy (non-hydrogen) atoms. The Morgan fingerprint density at radius 1 is 1.57 bits per heavy atom. The fourth-order valence-electron chi connectivity index (χ4n) is 2.08. The molecule has 0 radical (unpaired) electrons. The Morgan fingerprint density at radius 2 is 2.33 bits per heavy atom. The number of aromatic nitrogens is 2. The van der Waals surface area contributed by atoms with Crippen LogP contribution in [0.1, 0.15) is 19.2 Å². The summed E-state index contributed by atoms with van der Waals surface area (Å²) in [4.78, 5) is 15.8. The molecule has 1 aliphatic rings. The van der Waals surface area contributed by atoms with Crippen LogP contribution in [0.2, 0.25) is 5.02 Å². The molecule has 0 bridgehead atoms. The van der Waals surface area contributed by atoms with Crippen molar-refractivity contribution in [3.63, 3.8) is 0 Å². The summed E-state index contributed by atoms with van der Waals surface area (Å²) in [5.41, 5.74) is 0.181. The second kappa shape index (κ2) is 5.44. The maximum absolute atomic E-state index is 13.7. The summed E-state index contributed by atoms with van der Waals surface area (Å²) in [6.07, 6.45) is 0.916. The normalized spacial score (nSPS) is 20.3. The second-order valence-electron chi connectivity index (χ2n) is 5.18. The van der Waals surface area contributed by atoms with E-state index < -0.39 is 5.82 Å². The monoisotopic (exact) mass is 309 g/mol. The number of rotatable bonds is 4. The van der Waals surface area contributed by atoms with E-state index in [9.17, 15) is 9.18 Å². The fourth-order valence-corrected chi connectivity index (χ4v) is 2.24. The molecule has 1 fully saturated rings. The molecule has 2 aromatic rings. The summed E-state index contributed by atoms with van der Waals surface area (Å²) in [5, 5.41) is 6.76. The van der Waals surface area contributed by atoms with Crippen molar-refractivity contribution >= 4 is 17.5 Å². The minimum atomic E-state index is -0.534. The topological polar surface area (TPSA) is 68.0 Å². The van der Waals surface area contributed by atoms with Gasteiger partial charge in [0, 0.05) is 10.9 Å². The lowest BCUT2D eigenvalue weighted by molar-refractivity contribution is -0.122.